The predicted octanol–water partition coefficient (Wildman–Crippen LogP) is 2.87. The van der Waals surface area contributed by atoms with E-state index in [0.29, 0.717) is 12.3 Å². The Balaban J connectivity index is 2.07. The van der Waals surface area contributed by atoms with Crippen molar-refractivity contribution < 1.29 is 4.79 Å². The van der Waals surface area contributed by atoms with Crippen LogP contribution in [0.5, 0.6) is 0 Å². The molecule has 4 N–H and O–H groups in total. The van der Waals surface area contributed by atoms with Gasteiger partial charge in [-0.25, -0.2) is 4.98 Å². The SMILES string of the molecule is CC(C)C[C@H](N)C(=O)Nc1ccccc1Sc1ncc[nH]1. The lowest BCUT2D eigenvalue weighted by Crippen LogP contribution is -2.36. The summed E-state index contributed by atoms with van der Waals surface area (Å²) in [4.78, 5) is 20.3. The molecule has 0 unspecified atom stereocenters. The van der Waals surface area contributed by atoms with E-state index in [2.05, 4.69) is 15.3 Å². The zero-order chi connectivity index (χ0) is 15.2. The molecule has 1 aromatic carbocycles. The van der Waals surface area contributed by atoms with Gasteiger partial charge in [0.05, 0.1) is 11.7 Å². The first-order valence-electron chi connectivity index (χ1n) is 6.89. The Labute approximate surface area is 128 Å². The van der Waals surface area contributed by atoms with Crippen molar-refractivity contribution in [1.29, 1.82) is 0 Å². The lowest BCUT2D eigenvalue weighted by Gasteiger charge is -2.15. The zero-order valence-corrected chi connectivity index (χ0v) is 13.0. The van der Waals surface area contributed by atoms with Gasteiger partial charge in [-0.05, 0) is 36.2 Å². The third-order valence-corrected chi connectivity index (χ3v) is 3.88. The number of aromatic nitrogens is 2. The van der Waals surface area contributed by atoms with E-state index in [1.165, 1.54) is 11.8 Å². The highest BCUT2D eigenvalue weighted by Crippen LogP contribution is 2.31. The topological polar surface area (TPSA) is 83.8 Å². The van der Waals surface area contributed by atoms with E-state index in [4.69, 9.17) is 5.73 Å². The van der Waals surface area contributed by atoms with Gasteiger partial charge in [-0.2, -0.15) is 0 Å². The van der Waals surface area contributed by atoms with Crippen LogP contribution in [0.4, 0.5) is 5.69 Å². The molecule has 0 aliphatic heterocycles. The molecule has 0 saturated carbocycles. The number of hydrogen-bond acceptors (Lipinski definition) is 4. The molecule has 1 amide bonds. The number of para-hydroxylation sites is 1. The van der Waals surface area contributed by atoms with Crippen molar-refractivity contribution in [1.82, 2.24) is 9.97 Å². The van der Waals surface area contributed by atoms with Crippen LogP contribution in [-0.2, 0) is 4.79 Å². The first-order valence-corrected chi connectivity index (χ1v) is 7.70. The van der Waals surface area contributed by atoms with E-state index < -0.39 is 6.04 Å². The summed E-state index contributed by atoms with van der Waals surface area (Å²) in [6, 6.07) is 7.12. The van der Waals surface area contributed by atoms with Crippen LogP contribution in [0.25, 0.3) is 0 Å². The minimum atomic E-state index is -0.494. The van der Waals surface area contributed by atoms with Crippen molar-refractivity contribution in [3.05, 3.63) is 36.7 Å². The molecule has 112 valence electrons. The Morgan fingerprint density at radius 1 is 1.43 bits per heavy atom. The third kappa shape index (κ3) is 4.61. The second kappa shape index (κ2) is 7.28. The monoisotopic (exact) mass is 304 g/mol. The van der Waals surface area contributed by atoms with E-state index in [1.54, 1.807) is 12.4 Å². The predicted molar refractivity (Wildman–Crippen MR) is 85.2 cm³/mol. The third-order valence-electron chi connectivity index (χ3n) is 2.89. The summed E-state index contributed by atoms with van der Waals surface area (Å²) in [6.45, 7) is 4.10. The van der Waals surface area contributed by atoms with Crippen LogP contribution in [-0.4, -0.2) is 21.9 Å². The largest absolute Gasteiger partial charge is 0.339 e. The minimum Gasteiger partial charge on any atom is -0.339 e. The number of carbonyl (C=O) groups is 1. The molecule has 21 heavy (non-hydrogen) atoms. The standard InChI is InChI=1S/C15H20N4OS/c1-10(2)9-11(16)14(20)19-12-5-3-4-6-13(12)21-15-17-7-8-18-15/h3-8,10-11H,9,16H2,1-2H3,(H,17,18)(H,19,20)/t11-/m0/s1. The highest BCUT2D eigenvalue weighted by molar-refractivity contribution is 7.99. The van der Waals surface area contributed by atoms with E-state index in [9.17, 15) is 4.79 Å². The van der Waals surface area contributed by atoms with Crippen molar-refractivity contribution >= 4 is 23.4 Å². The molecule has 0 aliphatic carbocycles. The van der Waals surface area contributed by atoms with Gasteiger partial charge in [0.25, 0.3) is 0 Å². The smallest absolute Gasteiger partial charge is 0.241 e. The fraction of sp³-hybridized carbons (Fsp3) is 0.333. The number of amides is 1. The molecule has 1 aromatic heterocycles. The second-order valence-electron chi connectivity index (χ2n) is 5.22. The molecule has 0 radical (unpaired) electrons. The molecule has 2 aromatic rings. The van der Waals surface area contributed by atoms with Gasteiger partial charge in [0, 0.05) is 17.3 Å². The number of benzene rings is 1. The summed E-state index contributed by atoms with van der Waals surface area (Å²) >= 11 is 1.47. The summed E-state index contributed by atoms with van der Waals surface area (Å²) in [5.41, 5.74) is 6.67. The molecule has 1 atom stereocenters. The Morgan fingerprint density at radius 2 is 2.19 bits per heavy atom. The molecule has 0 spiro atoms. The maximum absolute atomic E-state index is 12.1. The summed E-state index contributed by atoms with van der Waals surface area (Å²) in [5, 5.41) is 3.68. The summed E-state index contributed by atoms with van der Waals surface area (Å²) in [5.74, 6) is 0.231. The van der Waals surface area contributed by atoms with Crippen molar-refractivity contribution in [3.63, 3.8) is 0 Å². The van der Waals surface area contributed by atoms with Crippen molar-refractivity contribution in [2.45, 2.75) is 36.4 Å². The van der Waals surface area contributed by atoms with Gasteiger partial charge in [-0.1, -0.05) is 26.0 Å². The quantitative estimate of drug-likeness (QED) is 0.766. The van der Waals surface area contributed by atoms with Crippen LogP contribution in [0.1, 0.15) is 20.3 Å². The Hall–Kier alpha value is -1.79. The molecule has 0 bridgehead atoms. The van der Waals surface area contributed by atoms with Crippen LogP contribution in [0.15, 0.2) is 46.7 Å². The highest BCUT2D eigenvalue weighted by atomic mass is 32.2. The van der Waals surface area contributed by atoms with Crippen LogP contribution in [0, 0.1) is 5.92 Å². The van der Waals surface area contributed by atoms with E-state index in [-0.39, 0.29) is 5.91 Å². The van der Waals surface area contributed by atoms with Gasteiger partial charge in [-0.3, -0.25) is 4.79 Å². The van der Waals surface area contributed by atoms with Crippen LogP contribution in [0.3, 0.4) is 0 Å². The fourth-order valence-electron chi connectivity index (χ4n) is 1.91. The van der Waals surface area contributed by atoms with Gasteiger partial charge in [0.1, 0.15) is 0 Å². The first-order chi connectivity index (χ1) is 10.1. The summed E-state index contributed by atoms with van der Waals surface area (Å²) in [6.07, 6.45) is 4.13. The van der Waals surface area contributed by atoms with Gasteiger partial charge in [0.2, 0.25) is 5.91 Å². The lowest BCUT2D eigenvalue weighted by atomic mass is 10.0. The fourth-order valence-corrected chi connectivity index (χ4v) is 2.73. The van der Waals surface area contributed by atoms with Gasteiger partial charge < -0.3 is 16.0 Å². The first kappa shape index (κ1) is 15.6. The average molecular weight is 304 g/mol. The number of nitrogens with two attached hydrogens (primary N) is 1. The van der Waals surface area contributed by atoms with Crippen LogP contribution < -0.4 is 11.1 Å². The Bertz CT molecular complexity index is 583. The molecule has 0 saturated heterocycles. The molecule has 1 heterocycles. The maximum Gasteiger partial charge on any atom is 0.241 e. The van der Waals surface area contributed by atoms with E-state index in [0.717, 1.165) is 15.7 Å². The summed E-state index contributed by atoms with van der Waals surface area (Å²) < 4.78 is 0. The molecule has 2 rings (SSSR count). The Morgan fingerprint density at radius 3 is 2.86 bits per heavy atom. The zero-order valence-electron chi connectivity index (χ0n) is 12.2. The second-order valence-corrected chi connectivity index (χ2v) is 6.25. The van der Waals surface area contributed by atoms with Gasteiger partial charge in [-0.15, -0.1) is 0 Å². The minimum absolute atomic E-state index is 0.156. The van der Waals surface area contributed by atoms with Crippen molar-refractivity contribution in [2.75, 3.05) is 5.32 Å². The number of carbonyl (C=O) groups excluding carboxylic acids is 1. The number of anilines is 1. The number of rotatable bonds is 6. The molecule has 0 fully saturated rings. The van der Waals surface area contributed by atoms with Gasteiger partial charge >= 0.3 is 0 Å². The van der Waals surface area contributed by atoms with Crippen molar-refractivity contribution in [2.24, 2.45) is 11.7 Å². The number of nitrogens with zero attached hydrogens (tertiary/aromatic N) is 1. The molecule has 5 nitrogen and oxygen atoms in total. The van der Waals surface area contributed by atoms with Gasteiger partial charge in [0.15, 0.2) is 5.16 Å². The van der Waals surface area contributed by atoms with E-state index >= 15 is 0 Å². The number of H-pyrrole nitrogens is 1. The molecular weight excluding hydrogens is 284 g/mol. The van der Waals surface area contributed by atoms with Crippen molar-refractivity contribution in [3.8, 4) is 0 Å². The maximum atomic E-state index is 12.1. The number of nitrogens with one attached hydrogen (secondary N) is 2. The van der Waals surface area contributed by atoms with E-state index in [1.807, 2.05) is 38.1 Å². The normalized spacial score (nSPS) is 12.4. The number of hydrogen-bond donors (Lipinski definition) is 3. The highest BCUT2D eigenvalue weighted by Gasteiger charge is 2.16. The summed E-state index contributed by atoms with van der Waals surface area (Å²) in [7, 11) is 0. The van der Waals surface area contributed by atoms with Crippen LogP contribution in [0.2, 0.25) is 0 Å². The average Bonchev–Trinajstić information content (AvgIpc) is 2.93. The Kier molecular flexibility index (Phi) is 5.41. The lowest BCUT2D eigenvalue weighted by molar-refractivity contribution is -0.117. The number of aromatic amines is 1. The van der Waals surface area contributed by atoms with Crippen LogP contribution >= 0.6 is 11.8 Å². The number of imidazole rings is 1. The molecule has 6 heteroatoms. The molecule has 0 aliphatic rings. The molecular formula is C15H20N4OS.